The molecule has 1 fully saturated rings. The molecule has 0 aromatic carbocycles. The summed E-state index contributed by atoms with van der Waals surface area (Å²) >= 11 is 0. The molecule has 1 rings (SSSR count). The average molecular weight is 188 g/mol. The van der Waals surface area contributed by atoms with Crippen molar-refractivity contribution in [3.05, 3.63) is 0 Å². The maximum atomic E-state index is 13.7. The molecule has 0 bridgehead atoms. The number of piperazine rings is 1. The Balaban J connectivity index is 2.33. The third kappa shape index (κ3) is 4.05. The fraction of sp³-hybridized carbons (Fsp3) is 1.00. The lowest BCUT2D eigenvalue weighted by Gasteiger charge is -2.33. The van der Waals surface area contributed by atoms with Gasteiger partial charge in [-0.15, -0.1) is 0 Å². The summed E-state index contributed by atoms with van der Waals surface area (Å²) in [6.45, 7) is 9.79. The number of nitrogens with one attached hydrogen (secondary N) is 1. The van der Waals surface area contributed by atoms with E-state index in [0.29, 0.717) is 6.42 Å². The molecule has 2 nitrogen and oxygen atoms in total. The summed E-state index contributed by atoms with van der Waals surface area (Å²) in [7, 11) is 0. The standard InChI is InChI=1S/C10H21FN2/c1-10(2,3)8-9(11)13-6-4-12-5-7-13/h9,12H,4-8H2,1-3H3. The molecule has 0 saturated carbocycles. The predicted octanol–water partition coefficient (Wildman–Crippen LogP) is 1.62. The van der Waals surface area contributed by atoms with Crippen LogP contribution in [0.3, 0.4) is 0 Å². The second-order valence-corrected chi connectivity index (χ2v) is 4.99. The molecule has 1 unspecified atom stereocenters. The van der Waals surface area contributed by atoms with Crippen LogP contribution < -0.4 is 5.32 Å². The lowest BCUT2D eigenvalue weighted by molar-refractivity contribution is 0.0378. The summed E-state index contributed by atoms with van der Waals surface area (Å²) in [6.07, 6.45) is -0.130. The summed E-state index contributed by atoms with van der Waals surface area (Å²) in [5.41, 5.74) is 0.0876. The second kappa shape index (κ2) is 4.38. The topological polar surface area (TPSA) is 15.3 Å². The number of alkyl halides is 1. The van der Waals surface area contributed by atoms with Crippen molar-refractivity contribution < 1.29 is 4.39 Å². The van der Waals surface area contributed by atoms with Crippen LogP contribution in [0.25, 0.3) is 0 Å². The van der Waals surface area contributed by atoms with Crippen molar-refractivity contribution in [2.24, 2.45) is 5.41 Å². The van der Waals surface area contributed by atoms with Crippen molar-refractivity contribution in [1.29, 1.82) is 0 Å². The monoisotopic (exact) mass is 188 g/mol. The van der Waals surface area contributed by atoms with E-state index in [2.05, 4.69) is 26.1 Å². The number of nitrogens with zero attached hydrogens (tertiary/aromatic N) is 1. The Labute approximate surface area is 80.5 Å². The molecule has 0 amide bonds. The summed E-state index contributed by atoms with van der Waals surface area (Å²) in [6, 6.07) is 0. The zero-order chi connectivity index (χ0) is 9.90. The van der Waals surface area contributed by atoms with Gasteiger partial charge < -0.3 is 5.32 Å². The molecule has 1 N–H and O–H groups in total. The molecule has 13 heavy (non-hydrogen) atoms. The molecule has 0 aliphatic carbocycles. The van der Waals surface area contributed by atoms with E-state index < -0.39 is 6.30 Å². The highest BCUT2D eigenvalue weighted by Gasteiger charge is 2.24. The van der Waals surface area contributed by atoms with E-state index in [1.165, 1.54) is 0 Å². The van der Waals surface area contributed by atoms with E-state index in [9.17, 15) is 4.39 Å². The van der Waals surface area contributed by atoms with Gasteiger partial charge in [-0.05, 0) is 11.8 Å². The highest BCUT2D eigenvalue weighted by Crippen LogP contribution is 2.24. The van der Waals surface area contributed by atoms with Gasteiger partial charge >= 0.3 is 0 Å². The van der Waals surface area contributed by atoms with Gasteiger partial charge in [-0.2, -0.15) is 0 Å². The molecule has 1 aliphatic rings. The Morgan fingerprint density at radius 3 is 2.31 bits per heavy atom. The predicted molar refractivity (Wildman–Crippen MR) is 53.4 cm³/mol. The van der Waals surface area contributed by atoms with Gasteiger partial charge in [0.15, 0.2) is 6.30 Å². The highest BCUT2D eigenvalue weighted by atomic mass is 19.1. The fourth-order valence-electron chi connectivity index (χ4n) is 1.60. The van der Waals surface area contributed by atoms with E-state index in [1.807, 2.05) is 4.90 Å². The normalized spacial score (nSPS) is 23.1. The van der Waals surface area contributed by atoms with Crippen LogP contribution in [-0.2, 0) is 0 Å². The van der Waals surface area contributed by atoms with E-state index in [1.54, 1.807) is 0 Å². The molecule has 0 aromatic rings. The molecule has 78 valence electrons. The van der Waals surface area contributed by atoms with Crippen LogP contribution in [0, 0.1) is 5.41 Å². The van der Waals surface area contributed by atoms with E-state index in [-0.39, 0.29) is 5.41 Å². The number of halogens is 1. The van der Waals surface area contributed by atoms with Crippen LogP contribution in [0.1, 0.15) is 27.2 Å². The van der Waals surface area contributed by atoms with Crippen LogP contribution >= 0.6 is 0 Å². The zero-order valence-corrected chi connectivity index (χ0v) is 8.94. The SMILES string of the molecule is CC(C)(C)CC(F)N1CCNCC1. The lowest BCUT2D eigenvalue weighted by Crippen LogP contribution is -2.47. The van der Waals surface area contributed by atoms with E-state index in [0.717, 1.165) is 26.2 Å². The lowest BCUT2D eigenvalue weighted by atomic mass is 9.91. The molecular formula is C10H21FN2. The van der Waals surface area contributed by atoms with E-state index >= 15 is 0 Å². The minimum absolute atomic E-state index is 0.0876. The minimum Gasteiger partial charge on any atom is -0.314 e. The van der Waals surface area contributed by atoms with Crippen LogP contribution in [0.15, 0.2) is 0 Å². The molecule has 0 spiro atoms. The van der Waals surface area contributed by atoms with Crippen molar-refractivity contribution in [2.45, 2.75) is 33.5 Å². The zero-order valence-electron chi connectivity index (χ0n) is 8.94. The first-order valence-corrected chi connectivity index (χ1v) is 5.08. The molecular weight excluding hydrogens is 167 g/mol. The second-order valence-electron chi connectivity index (χ2n) is 4.99. The number of hydrogen-bond donors (Lipinski definition) is 1. The van der Waals surface area contributed by atoms with Gasteiger partial charge in [-0.1, -0.05) is 20.8 Å². The van der Waals surface area contributed by atoms with E-state index in [4.69, 9.17) is 0 Å². The average Bonchev–Trinajstić information content (AvgIpc) is 2.03. The van der Waals surface area contributed by atoms with Gasteiger partial charge in [0, 0.05) is 26.2 Å². The van der Waals surface area contributed by atoms with Crippen LogP contribution in [-0.4, -0.2) is 37.4 Å². The van der Waals surface area contributed by atoms with Gasteiger partial charge in [0.2, 0.25) is 0 Å². The first kappa shape index (κ1) is 10.9. The third-order valence-corrected chi connectivity index (χ3v) is 2.33. The van der Waals surface area contributed by atoms with Crippen LogP contribution in [0.4, 0.5) is 4.39 Å². The third-order valence-electron chi connectivity index (χ3n) is 2.33. The van der Waals surface area contributed by atoms with Gasteiger partial charge in [-0.3, -0.25) is 4.90 Å². The fourth-order valence-corrected chi connectivity index (χ4v) is 1.60. The summed E-state index contributed by atoms with van der Waals surface area (Å²) in [5.74, 6) is 0. The van der Waals surface area contributed by atoms with Gasteiger partial charge in [0.05, 0.1) is 0 Å². The summed E-state index contributed by atoms with van der Waals surface area (Å²) in [5, 5.41) is 3.22. The Hall–Kier alpha value is -0.150. The first-order valence-electron chi connectivity index (χ1n) is 5.08. The number of hydrogen-bond acceptors (Lipinski definition) is 2. The van der Waals surface area contributed by atoms with Gasteiger partial charge in [0.1, 0.15) is 0 Å². The maximum Gasteiger partial charge on any atom is 0.154 e. The van der Waals surface area contributed by atoms with Crippen LogP contribution in [0.2, 0.25) is 0 Å². The smallest absolute Gasteiger partial charge is 0.154 e. The Morgan fingerprint density at radius 2 is 1.85 bits per heavy atom. The van der Waals surface area contributed by atoms with Crippen molar-refractivity contribution in [1.82, 2.24) is 10.2 Å². The molecule has 1 saturated heterocycles. The molecule has 1 heterocycles. The van der Waals surface area contributed by atoms with Crippen molar-refractivity contribution in [3.8, 4) is 0 Å². The molecule has 3 heteroatoms. The summed E-state index contributed by atoms with van der Waals surface area (Å²) < 4.78 is 13.7. The first-order chi connectivity index (χ1) is 5.99. The maximum absolute atomic E-state index is 13.7. The minimum atomic E-state index is -0.762. The Kier molecular flexibility index (Phi) is 3.68. The highest BCUT2D eigenvalue weighted by molar-refractivity contribution is 4.74. The Bertz CT molecular complexity index is 147. The van der Waals surface area contributed by atoms with Gasteiger partial charge in [0.25, 0.3) is 0 Å². The quantitative estimate of drug-likeness (QED) is 0.662. The number of rotatable bonds is 2. The molecule has 1 aliphatic heterocycles. The van der Waals surface area contributed by atoms with Crippen molar-refractivity contribution in [2.75, 3.05) is 26.2 Å². The molecule has 0 radical (unpaired) electrons. The molecule has 1 atom stereocenters. The largest absolute Gasteiger partial charge is 0.314 e. The van der Waals surface area contributed by atoms with Gasteiger partial charge in [-0.25, -0.2) is 4.39 Å². The summed E-state index contributed by atoms with van der Waals surface area (Å²) in [4.78, 5) is 1.93. The van der Waals surface area contributed by atoms with Crippen LogP contribution in [0.5, 0.6) is 0 Å². The van der Waals surface area contributed by atoms with Crippen molar-refractivity contribution in [3.63, 3.8) is 0 Å². The molecule has 0 aromatic heterocycles. The van der Waals surface area contributed by atoms with Crippen molar-refractivity contribution >= 4 is 0 Å². The Morgan fingerprint density at radius 1 is 1.31 bits per heavy atom.